The first-order chi connectivity index (χ1) is 10.4. The van der Waals surface area contributed by atoms with Crippen LogP contribution in [0.25, 0.3) is 0 Å². The van der Waals surface area contributed by atoms with E-state index in [0.29, 0.717) is 5.69 Å². The second-order valence-corrected chi connectivity index (χ2v) is 4.53. The van der Waals surface area contributed by atoms with Crippen LogP contribution in [0.3, 0.4) is 0 Å². The predicted octanol–water partition coefficient (Wildman–Crippen LogP) is -1.42. The summed E-state index contributed by atoms with van der Waals surface area (Å²) >= 11 is 0. The zero-order chi connectivity index (χ0) is 16.3. The second-order valence-electron chi connectivity index (χ2n) is 4.53. The van der Waals surface area contributed by atoms with E-state index >= 15 is 0 Å². The molecule has 0 atom stereocenters. The van der Waals surface area contributed by atoms with Gasteiger partial charge in [-0.3, -0.25) is 18.7 Å². The maximum atomic E-state index is 12.0. The second kappa shape index (κ2) is 6.24. The highest BCUT2D eigenvalue weighted by atomic mass is 16.6. The van der Waals surface area contributed by atoms with E-state index in [1.165, 1.54) is 14.1 Å². The van der Waals surface area contributed by atoms with Crippen molar-refractivity contribution in [3.8, 4) is 5.88 Å². The number of nitrogens with one attached hydrogen (secondary N) is 1. The molecule has 1 amide bonds. The summed E-state index contributed by atoms with van der Waals surface area (Å²) in [6.45, 7) is 1.97. The van der Waals surface area contributed by atoms with Gasteiger partial charge in [0.15, 0.2) is 0 Å². The molecule has 0 aliphatic heterocycles. The fourth-order valence-electron chi connectivity index (χ4n) is 1.71. The summed E-state index contributed by atoms with van der Waals surface area (Å²) in [6.07, 6.45) is 0. The van der Waals surface area contributed by atoms with Gasteiger partial charge in [-0.1, -0.05) is 5.16 Å². The number of ether oxygens (including phenoxy) is 1. The fraction of sp³-hybridized carbons (Fsp3) is 0.417. The van der Waals surface area contributed by atoms with E-state index in [1.807, 2.05) is 0 Å². The third kappa shape index (κ3) is 3.05. The standard InChI is InChI=1S/C12H15N5O5/c1-7-11(15-22-14-7)21-5-4-13-10(19)8-6-9(18)17(3)12(20)16(8)2/h6H,4-5H2,1-3H3,(H,13,19). The first kappa shape index (κ1) is 15.5. The normalized spacial score (nSPS) is 10.5. The zero-order valence-corrected chi connectivity index (χ0v) is 12.3. The number of amides is 1. The van der Waals surface area contributed by atoms with Gasteiger partial charge in [-0.05, 0) is 12.1 Å². The SMILES string of the molecule is Cc1nonc1OCCNC(=O)c1cc(=O)n(C)c(=O)n1C. The van der Waals surface area contributed by atoms with Crippen molar-refractivity contribution in [2.75, 3.05) is 13.2 Å². The Hall–Kier alpha value is -2.91. The molecule has 0 fully saturated rings. The molecule has 0 unspecified atom stereocenters. The maximum absolute atomic E-state index is 12.0. The van der Waals surface area contributed by atoms with Crippen LogP contribution in [0, 0.1) is 6.92 Å². The molecule has 2 heterocycles. The fourth-order valence-corrected chi connectivity index (χ4v) is 1.71. The van der Waals surface area contributed by atoms with Crippen LogP contribution < -0.4 is 21.3 Å². The Morgan fingerprint density at radius 2 is 2.05 bits per heavy atom. The molecule has 0 bridgehead atoms. The van der Waals surface area contributed by atoms with Gasteiger partial charge in [0.25, 0.3) is 17.3 Å². The third-order valence-corrected chi connectivity index (χ3v) is 3.00. The van der Waals surface area contributed by atoms with Crippen LogP contribution in [0.15, 0.2) is 20.3 Å². The largest absolute Gasteiger partial charge is 0.472 e. The van der Waals surface area contributed by atoms with Crippen molar-refractivity contribution < 1.29 is 14.2 Å². The molecule has 0 aromatic carbocycles. The van der Waals surface area contributed by atoms with Gasteiger partial charge in [-0.2, -0.15) is 0 Å². The summed E-state index contributed by atoms with van der Waals surface area (Å²) in [7, 11) is 2.76. The van der Waals surface area contributed by atoms with E-state index in [1.54, 1.807) is 6.92 Å². The molecule has 0 radical (unpaired) electrons. The van der Waals surface area contributed by atoms with Crippen LogP contribution in [-0.2, 0) is 14.1 Å². The number of nitrogens with zero attached hydrogens (tertiary/aromatic N) is 4. The van der Waals surface area contributed by atoms with Crippen LogP contribution >= 0.6 is 0 Å². The van der Waals surface area contributed by atoms with Crippen LogP contribution in [0.5, 0.6) is 5.88 Å². The minimum absolute atomic E-state index is 0.0209. The van der Waals surface area contributed by atoms with Crippen molar-refractivity contribution in [1.29, 1.82) is 0 Å². The molecule has 10 nitrogen and oxygen atoms in total. The molecule has 0 spiro atoms. The molecule has 10 heteroatoms. The molecular weight excluding hydrogens is 294 g/mol. The lowest BCUT2D eigenvalue weighted by atomic mass is 10.3. The molecule has 2 aromatic heterocycles. The molecule has 0 aliphatic carbocycles. The summed E-state index contributed by atoms with van der Waals surface area (Å²) < 4.78 is 11.7. The maximum Gasteiger partial charge on any atom is 0.331 e. The minimum atomic E-state index is -0.571. The van der Waals surface area contributed by atoms with E-state index < -0.39 is 17.2 Å². The van der Waals surface area contributed by atoms with Crippen LogP contribution in [-0.4, -0.2) is 38.5 Å². The Balaban J connectivity index is 1.97. The lowest BCUT2D eigenvalue weighted by Crippen LogP contribution is -2.41. The third-order valence-electron chi connectivity index (χ3n) is 3.00. The van der Waals surface area contributed by atoms with Gasteiger partial charge in [0.05, 0.1) is 6.54 Å². The van der Waals surface area contributed by atoms with Gasteiger partial charge in [-0.25, -0.2) is 9.42 Å². The van der Waals surface area contributed by atoms with Gasteiger partial charge in [0, 0.05) is 20.2 Å². The summed E-state index contributed by atoms with van der Waals surface area (Å²) in [5, 5.41) is 9.62. The molecule has 2 aromatic rings. The van der Waals surface area contributed by atoms with Crippen LogP contribution in [0.2, 0.25) is 0 Å². The topological polar surface area (TPSA) is 121 Å². The van der Waals surface area contributed by atoms with E-state index in [9.17, 15) is 14.4 Å². The molecule has 22 heavy (non-hydrogen) atoms. The smallest absolute Gasteiger partial charge is 0.331 e. The monoisotopic (exact) mass is 309 g/mol. The lowest BCUT2D eigenvalue weighted by molar-refractivity contribution is 0.0936. The molecule has 0 saturated carbocycles. The van der Waals surface area contributed by atoms with Crippen molar-refractivity contribution in [1.82, 2.24) is 24.8 Å². The summed E-state index contributed by atoms with van der Waals surface area (Å²) in [5.74, 6) is -0.300. The Morgan fingerprint density at radius 1 is 1.32 bits per heavy atom. The number of carbonyl (C=O) groups excluding carboxylic acids is 1. The summed E-state index contributed by atoms with van der Waals surface area (Å²) in [6, 6.07) is 1.10. The highest BCUT2D eigenvalue weighted by Crippen LogP contribution is 2.09. The Morgan fingerprint density at radius 3 is 2.68 bits per heavy atom. The molecule has 2 rings (SSSR count). The van der Waals surface area contributed by atoms with Crippen LogP contribution in [0.4, 0.5) is 0 Å². The number of aryl methyl sites for hydroxylation is 1. The van der Waals surface area contributed by atoms with E-state index in [4.69, 9.17) is 4.74 Å². The summed E-state index contributed by atoms with van der Waals surface area (Å²) in [5.41, 5.74) is -0.639. The van der Waals surface area contributed by atoms with E-state index in [2.05, 4.69) is 20.3 Å². The minimum Gasteiger partial charge on any atom is -0.472 e. The zero-order valence-electron chi connectivity index (χ0n) is 12.3. The molecular formula is C12H15N5O5. The van der Waals surface area contributed by atoms with Gasteiger partial charge in [0.2, 0.25) is 0 Å². The highest BCUT2D eigenvalue weighted by molar-refractivity contribution is 5.92. The van der Waals surface area contributed by atoms with Crippen molar-refractivity contribution in [2.45, 2.75) is 6.92 Å². The molecule has 118 valence electrons. The molecule has 1 N–H and O–H groups in total. The number of rotatable bonds is 5. The summed E-state index contributed by atoms with van der Waals surface area (Å²) in [4.78, 5) is 35.3. The Labute approximate surface area is 124 Å². The van der Waals surface area contributed by atoms with Gasteiger partial charge in [0.1, 0.15) is 18.0 Å². The van der Waals surface area contributed by atoms with Crippen LogP contribution in [0.1, 0.15) is 16.2 Å². The first-order valence-corrected chi connectivity index (χ1v) is 6.39. The predicted molar refractivity (Wildman–Crippen MR) is 73.8 cm³/mol. The van der Waals surface area contributed by atoms with Gasteiger partial charge >= 0.3 is 5.69 Å². The van der Waals surface area contributed by atoms with E-state index in [0.717, 1.165) is 15.2 Å². The quantitative estimate of drug-likeness (QED) is 0.673. The van der Waals surface area contributed by atoms with Crippen molar-refractivity contribution in [3.63, 3.8) is 0 Å². The highest BCUT2D eigenvalue weighted by Gasteiger charge is 2.13. The van der Waals surface area contributed by atoms with Crippen molar-refractivity contribution >= 4 is 5.91 Å². The first-order valence-electron chi connectivity index (χ1n) is 6.39. The number of hydrogen-bond donors (Lipinski definition) is 1. The number of hydrogen-bond acceptors (Lipinski definition) is 7. The van der Waals surface area contributed by atoms with E-state index in [-0.39, 0.29) is 24.7 Å². The Bertz CT molecular complexity index is 803. The number of aromatic nitrogens is 4. The van der Waals surface area contributed by atoms with Crippen molar-refractivity contribution in [3.05, 3.63) is 38.3 Å². The average molecular weight is 309 g/mol. The van der Waals surface area contributed by atoms with Gasteiger partial charge < -0.3 is 10.1 Å². The van der Waals surface area contributed by atoms with Gasteiger partial charge in [-0.15, -0.1) is 0 Å². The lowest BCUT2D eigenvalue weighted by Gasteiger charge is -2.10. The molecule has 0 aliphatic rings. The Kier molecular flexibility index (Phi) is 4.39. The number of carbonyl (C=O) groups is 1. The average Bonchev–Trinajstić information content (AvgIpc) is 2.90. The molecule has 0 saturated heterocycles. The van der Waals surface area contributed by atoms with Crippen molar-refractivity contribution in [2.24, 2.45) is 14.1 Å².